The highest BCUT2D eigenvalue weighted by Gasteiger charge is 2.59. The van der Waals surface area contributed by atoms with Gasteiger partial charge in [0, 0.05) is 49.6 Å². The number of nitrogens with zero attached hydrogens (tertiary/aromatic N) is 1. The van der Waals surface area contributed by atoms with Crippen molar-refractivity contribution < 1.29 is 4.74 Å². The van der Waals surface area contributed by atoms with Crippen LogP contribution in [0.1, 0.15) is 123 Å². The highest BCUT2D eigenvalue weighted by Crippen LogP contribution is 2.69. The van der Waals surface area contributed by atoms with Gasteiger partial charge in [-0.2, -0.15) is 0 Å². The Bertz CT molecular complexity index is 2890. The number of allylic oxidation sites excluding steroid dienone is 9. The minimum absolute atomic E-state index is 0.0253. The maximum absolute atomic E-state index is 7.02. The highest BCUT2D eigenvalue weighted by atomic mass is 32.1. The molecule has 3 fully saturated rings. The van der Waals surface area contributed by atoms with Crippen LogP contribution in [0.5, 0.6) is 5.75 Å². The Kier molecular flexibility index (Phi) is 8.00. The predicted octanol–water partition coefficient (Wildman–Crippen LogP) is 14.5. The van der Waals surface area contributed by atoms with Crippen LogP contribution in [-0.4, -0.2) is 18.0 Å². The third-order valence-electron chi connectivity index (χ3n) is 17.5. The van der Waals surface area contributed by atoms with Crippen molar-refractivity contribution in [2.24, 2.45) is 28.2 Å². The molecule has 3 nitrogen and oxygen atoms in total. The molecule has 14 rings (SSSR count). The molecule has 9 aliphatic rings. The summed E-state index contributed by atoms with van der Waals surface area (Å²) >= 11 is 1.84. The summed E-state index contributed by atoms with van der Waals surface area (Å²) in [4.78, 5) is 5.55. The maximum atomic E-state index is 7.02. The van der Waals surface area contributed by atoms with Gasteiger partial charge in [-0.1, -0.05) is 153 Å². The molecule has 6 unspecified atom stereocenters. The lowest BCUT2D eigenvalue weighted by molar-refractivity contribution is 0.0970. The van der Waals surface area contributed by atoms with E-state index in [9.17, 15) is 0 Å². The Morgan fingerprint density at radius 2 is 1.58 bits per heavy atom. The number of aliphatic imine (C=N–C) groups is 1. The van der Waals surface area contributed by atoms with E-state index >= 15 is 0 Å². The van der Waals surface area contributed by atoms with Gasteiger partial charge < -0.3 is 10.1 Å². The zero-order valence-corrected chi connectivity index (χ0v) is 36.4. The van der Waals surface area contributed by atoms with Crippen LogP contribution < -0.4 is 10.1 Å². The molecule has 0 amide bonds. The number of benzene rings is 4. The van der Waals surface area contributed by atoms with E-state index in [4.69, 9.17) is 9.73 Å². The molecule has 3 saturated carbocycles. The van der Waals surface area contributed by atoms with Gasteiger partial charge in [0.05, 0.1) is 5.71 Å². The van der Waals surface area contributed by atoms with Crippen molar-refractivity contribution in [1.29, 1.82) is 0 Å². The molecule has 5 aromatic rings. The van der Waals surface area contributed by atoms with Crippen LogP contribution in [0.25, 0.3) is 21.2 Å². The molecular formula is C58H54N2OS. The summed E-state index contributed by atoms with van der Waals surface area (Å²) in [5.74, 6) is 3.09. The second kappa shape index (κ2) is 13.7. The Balaban J connectivity index is 0.810. The van der Waals surface area contributed by atoms with Gasteiger partial charge in [0.1, 0.15) is 23.0 Å². The van der Waals surface area contributed by atoms with Crippen LogP contribution in [0.4, 0.5) is 5.00 Å². The summed E-state index contributed by atoms with van der Waals surface area (Å²) in [5, 5.41) is 6.40. The fraction of sp³-hybridized carbons (Fsp3) is 0.362. The molecule has 0 radical (unpaired) electrons. The van der Waals surface area contributed by atoms with Gasteiger partial charge in [0.25, 0.3) is 0 Å². The van der Waals surface area contributed by atoms with Gasteiger partial charge in [-0.15, -0.1) is 11.3 Å². The third-order valence-corrected chi connectivity index (χ3v) is 18.6. The lowest BCUT2D eigenvalue weighted by Gasteiger charge is -2.45. The molecule has 0 bridgehead atoms. The maximum Gasteiger partial charge on any atom is 0.145 e. The van der Waals surface area contributed by atoms with E-state index in [0.29, 0.717) is 29.1 Å². The summed E-state index contributed by atoms with van der Waals surface area (Å²) in [6.07, 6.45) is 30.1. The second-order valence-electron chi connectivity index (χ2n) is 20.2. The Labute approximate surface area is 370 Å². The first-order chi connectivity index (χ1) is 30.7. The van der Waals surface area contributed by atoms with E-state index < -0.39 is 0 Å². The van der Waals surface area contributed by atoms with E-state index in [1.54, 1.807) is 27.8 Å². The smallest absolute Gasteiger partial charge is 0.145 e. The monoisotopic (exact) mass is 826 g/mol. The minimum Gasteiger partial charge on any atom is -0.485 e. The Hall–Kier alpha value is -5.19. The van der Waals surface area contributed by atoms with Gasteiger partial charge in [-0.05, 0) is 114 Å². The quantitative estimate of drug-likeness (QED) is 0.184. The molecule has 2 aliphatic heterocycles. The molecule has 3 heterocycles. The van der Waals surface area contributed by atoms with Gasteiger partial charge in [-0.25, -0.2) is 0 Å². The highest BCUT2D eigenvalue weighted by molar-refractivity contribution is 7.23. The zero-order chi connectivity index (χ0) is 40.6. The van der Waals surface area contributed by atoms with Gasteiger partial charge >= 0.3 is 0 Å². The summed E-state index contributed by atoms with van der Waals surface area (Å²) in [6, 6.07) is 36.3. The Morgan fingerprint density at radius 3 is 2.47 bits per heavy atom. The first-order valence-electron chi connectivity index (χ1n) is 24.0. The van der Waals surface area contributed by atoms with Crippen LogP contribution in [-0.2, 0) is 5.41 Å². The van der Waals surface area contributed by atoms with E-state index in [0.717, 1.165) is 24.3 Å². The van der Waals surface area contributed by atoms with E-state index in [-0.39, 0.29) is 17.7 Å². The zero-order valence-electron chi connectivity index (χ0n) is 35.5. The van der Waals surface area contributed by atoms with Crippen LogP contribution in [0.15, 0.2) is 149 Å². The van der Waals surface area contributed by atoms with Crippen molar-refractivity contribution in [1.82, 2.24) is 0 Å². The number of hydrogen-bond acceptors (Lipinski definition) is 4. The standard InChI is InChI=1S/C58H54N2OS/c1-4-15-35(16-5-1)53-52-40-18-7-9-22-51(40)62-56(52)60-55(59-53)41-20-14-19-39-45-32-37(24-26-50(45)61-54(39)41)36-23-25-47-42(31-36)44-34-48-43(33-49(44)58(47)29-12-3-13-30-58)38-17-6-8-21-46(38)57(48)27-10-2-11-28-57/h1,4-9,15-18,20-26,31-32,34,39,42,47,49,54-55,60H,2-3,10-14,19,27-30,33H2. The van der Waals surface area contributed by atoms with Crippen molar-refractivity contribution in [2.75, 3.05) is 5.32 Å². The van der Waals surface area contributed by atoms with Crippen molar-refractivity contribution >= 4 is 43.3 Å². The average Bonchev–Trinajstić information content (AvgIpc) is 4.05. The lowest BCUT2D eigenvalue weighted by Crippen LogP contribution is -2.36. The fourth-order valence-corrected chi connectivity index (χ4v) is 15.9. The number of ether oxygens (including phenoxy) is 1. The number of anilines is 1. The molecule has 62 heavy (non-hydrogen) atoms. The molecule has 7 aliphatic carbocycles. The minimum atomic E-state index is -0.171. The van der Waals surface area contributed by atoms with Crippen molar-refractivity contribution in [2.45, 2.75) is 107 Å². The first kappa shape index (κ1) is 36.3. The molecule has 2 spiro atoms. The number of nitrogens with one attached hydrogen (secondary N) is 1. The lowest BCUT2D eigenvalue weighted by atomic mass is 9.59. The number of rotatable bonds is 3. The first-order valence-corrected chi connectivity index (χ1v) is 24.9. The van der Waals surface area contributed by atoms with Crippen molar-refractivity contribution in [3.8, 4) is 5.75 Å². The molecule has 308 valence electrons. The molecule has 6 atom stereocenters. The topological polar surface area (TPSA) is 33.6 Å². The van der Waals surface area contributed by atoms with E-state index in [2.05, 4.69) is 133 Å². The summed E-state index contributed by atoms with van der Waals surface area (Å²) in [5.41, 5.74) is 17.9. The van der Waals surface area contributed by atoms with Gasteiger partial charge in [-0.3, -0.25) is 4.99 Å². The fourth-order valence-electron chi connectivity index (χ4n) is 14.8. The number of hydrogen-bond donors (Lipinski definition) is 1. The average molecular weight is 827 g/mol. The summed E-state index contributed by atoms with van der Waals surface area (Å²) in [6.45, 7) is 0. The molecule has 0 saturated heterocycles. The van der Waals surface area contributed by atoms with Crippen molar-refractivity contribution in [3.05, 3.63) is 178 Å². The van der Waals surface area contributed by atoms with E-state index in [1.165, 1.54) is 119 Å². The summed E-state index contributed by atoms with van der Waals surface area (Å²) in [7, 11) is 0. The summed E-state index contributed by atoms with van der Waals surface area (Å²) < 4.78 is 8.31. The predicted molar refractivity (Wildman–Crippen MR) is 256 cm³/mol. The molecule has 1 N–H and O–H groups in total. The van der Waals surface area contributed by atoms with Gasteiger partial charge in [0.15, 0.2) is 0 Å². The van der Waals surface area contributed by atoms with Gasteiger partial charge in [0.2, 0.25) is 0 Å². The van der Waals surface area contributed by atoms with Crippen LogP contribution in [0.2, 0.25) is 0 Å². The second-order valence-corrected chi connectivity index (χ2v) is 21.2. The van der Waals surface area contributed by atoms with Crippen LogP contribution >= 0.6 is 11.3 Å². The third kappa shape index (κ3) is 5.08. The number of thiophene rings is 1. The van der Waals surface area contributed by atoms with Crippen LogP contribution in [0.3, 0.4) is 0 Å². The van der Waals surface area contributed by atoms with Crippen LogP contribution in [0, 0.1) is 23.2 Å². The normalized spacial score (nSPS) is 29.2. The molecular weight excluding hydrogens is 773 g/mol. The number of fused-ring (bicyclic) bond motifs is 15. The molecule has 4 aromatic carbocycles. The van der Waals surface area contributed by atoms with Crippen molar-refractivity contribution in [3.63, 3.8) is 0 Å². The molecule has 1 aromatic heterocycles. The largest absolute Gasteiger partial charge is 0.485 e. The van der Waals surface area contributed by atoms with E-state index in [1.807, 2.05) is 11.3 Å². The SMILES string of the molecule is C1=CC2C(C=C1c1ccc3c(c1)C1CCC=C(C4N=C(c5ccccc5)c5c(sc6ccccc56)N4)C1O3)C1=CC3=C(CC1C21CCCCC1)c1ccccc1C31CCCCC1. The molecule has 4 heteroatoms. The Morgan fingerprint density at radius 1 is 0.774 bits per heavy atom.